The van der Waals surface area contributed by atoms with E-state index in [2.05, 4.69) is 10.3 Å². The van der Waals surface area contributed by atoms with Crippen molar-refractivity contribution in [2.75, 3.05) is 13.7 Å². The van der Waals surface area contributed by atoms with Crippen molar-refractivity contribution in [1.82, 2.24) is 10.3 Å². The van der Waals surface area contributed by atoms with Gasteiger partial charge in [-0.05, 0) is 63.6 Å². The quantitative estimate of drug-likeness (QED) is 0.282. The van der Waals surface area contributed by atoms with Gasteiger partial charge in [0.05, 0.1) is 19.8 Å². The molecule has 37 heavy (non-hydrogen) atoms. The Bertz CT molecular complexity index is 1200. The molecule has 1 amide bonds. The highest BCUT2D eigenvalue weighted by molar-refractivity contribution is 5.89. The second-order valence-electron chi connectivity index (χ2n) is 9.92. The van der Waals surface area contributed by atoms with Crippen molar-refractivity contribution in [3.63, 3.8) is 0 Å². The number of amides is 1. The summed E-state index contributed by atoms with van der Waals surface area (Å²) in [5, 5.41) is 2.97. The summed E-state index contributed by atoms with van der Waals surface area (Å²) in [7, 11) is 1.51. The number of aromatic nitrogens is 1. The van der Waals surface area contributed by atoms with E-state index in [9.17, 15) is 9.59 Å². The van der Waals surface area contributed by atoms with E-state index in [4.69, 9.17) is 23.4 Å². The number of benzene rings is 2. The van der Waals surface area contributed by atoms with Gasteiger partial charge in [-0.25, -0.2) is 14.6 Å². The van der Waals surface area contributed by atoms with Crippen LogP contribution in [0.2, 0.25) is 0 Å². The third-order valence-corrected chi connectivity index (χ3v) is 5.66. The zero-order chi connectivity index (χ0) is 26.4. The predicted octanol–water partition coefficient (Wildman–Crippen LogP) is 5.50. The molecule has 4 rings (SSSR count). The van der Waals surface area contributed by atoms with Crippen molar-refractivity contribution in [2.24, 2.45) is 5.92 Å². The Morgan fingerprint density at radius 1 is 1.11 bits per heavy atom. The van der Waals surface area contributed by atoms with Gasteiger partial charge in [-0.1, -0.05) is 30.3 Å². The van der Waals surface area contributed by atoms with E-state index in [0.717, 1.165) is 24.8 Å². The number of nitrogens with one attached hydrogen (secondary N) is 1. The highest BCUT2D eigenvalue weighted by Crippen LogP contribution is 2.44. The van der Waals surface area contributed by atoms with E-state index in [-0.39, 0.29) is 17.2 Å². The van der Waals surface area contributed by atoms with Gasteiger partial charge in [-0.2, -0.15) is 0 Å². The summed E-state index contributed by atoms with van der Waals surface area (Å²) in [6.07, 6.45) is 4.43. The first-order chi connectivity index (χ1) is 17.7. The summed E-state index contributed by atoms with van der Waals surface area (Å²) < 4.78 is 28.0. The van der Waals surface area contributed by atoms with E-state index < -0.39 is 23.7 Å². The van der Waals surface area contributed by atoms with Crippen molar-refractivity contribution in [3.8, 4) is 17.2 Å². The number of ether oxygens (including phenoxy) is 4. The Balaban J connectivity index is 1.70. The zero-order valence-corrected chi connectivity index (χ0v) is 21.5. The molecule has 1 heterocycles. The van der Waals surface area contributed by atoms with Crippen molar-refractivity contribution >= 4 is 12.1 Å². The number of methoxy groups -OCH3 is 1. The molecule has 0 radical (unpaired) electrons. The average Bonchev–Trinajstić information content (AvgIpc) is 3.51. The van der Waals surface area contributed by atoms with Crippen LogP contribution in [0, 0.1) is 5.92 Å². The minimum Gasteiger partial charge on any atom is -0.492 e. The maximum absolute atomic E-state index is 12.8. The fourth-order valence-corrected chi connectivity index (χ4v) is 3.75. The largest absolute Gasteiger partial charge is 0.492 e. The van der Waals surface area contributed by atoms with Crippen molar-refractivity contribution in [1.29, 1.82) is 0 Å². The topological polar surface area (TPSA) is 109 Å². The number of hydrogen-bond acceptors (Lipinski definition) is 8. The lowest BCUT2D eigenvalue weighted by Gasteiger charge is -2.26. The molecule has 0 saturated heterocycles. The Kier molecular flexibility index (Phi) is 8.01. The fourth-order valence-electron chi connectivity index (χ4n) is 3.75. The third-order valence-electron chi connectivity index (χ3n) is 5.66. The highest BCUT2D eigenvalue weighted by atomic mass is 16.6. The number of alkyl carbamates (subject to hydrolysis) is 1. The van der Waals surface area contributed by atoms with E-state index in [0.29, 0.717) is 30.3 Å². The average molecular weight is 509 g/mol. The van der Waals surface area contributed by atoms with Gasteiger partial charge in [-0.15, -0.1) is 0 Å². The standard InChI is InChI=1S/C28H32N2O7/c1-28(2,3)37-27(32)30-21(14-18-8-6-5-7-9-18)20-12-13-23(36-26(31)22-16-34-17-29-22)25(24(20)33-4)35-15-19-10-11-19/h5-9,12-13,16-17,19,21H,10-11,14-15H2,1-4H3,(H,30,32)/t21-/m0/s1. The Hall–Kier alpha value is -4.01. The number of rotatable bonds is 10. The molecular formula is C28H32N2O7. The van der Waals surface area contributed by atoms with Gasteiger partial charge >= 0.3 is 12.1 Å². The third kappa shape index (κ3) is 7.25. The number of carbonyl (C=O) groups is 2. The molecule has 3 aromatic rings. The van der Waals surface area contributed by atoms with Crippen LogP contribution in [0.5, 0.6) is 17.2 Å². The lowest BCUT2D eigenvalue weighted by Crippen LogP contribution is -2.36. The van der Waals surface area contributed by atoms with Crippen LogP contribution in [-0.2, 0) is 11.2 Å². The molecule has 1 aliphatic rings. The Labute approximate surface area is 216 Å². The molecule has 1 aromatic heterocycles. The first-order valence-electron chi connectivity index (χ1n) is 12.2. The number of esters is 1. The van der Waals surface area contributed by atoms with Crippen LogP contribution in [0.1, 0.15) is 61.3 Å². The Morgan fingerprint density at radius 3 is 2.49 bits per heavy atom. The summed E-state index contributed by atoms with van der Waals surface area (Å²) in [5.41, 5.74) is 1.03. The molecule has 9 heteroatoms. The monoisotopic (exact) mass is 508 g/mol. The van der Waals surface area contributed by atoms with Crippen molar-refractivity contribution in [2.45, 2.75) is 51.7 Å². The fraction of sp³-hybridized carbons (Fsp3) is 0.393. The molecule has 1 N–H and O–H groups in total. The van der Waals surface area contributed by atoms with Crippen molar-refractivity contribution < 1.29 is 33.0 Å². The first-order valence-corrected chi connectivity index (χ1v) is 12.2. The van der Waals surface area contributed by atoms with Gasteiger partial charge in [-0.3, -0.25) is 0 Å². The molecular weight excluding hydrogens is 476 g/mol. The summed E-state index contributed by atoms with van der Waals surface area (Å²) in [4.78, 5) is 29.2. The van der Waals surface area contributed by atoms with Crippen LogP contribution in [-0.4, -0.2) is 36.4 Å². The van der Waals surface area contributed by atoms with Gasteiger partial charge in [0.25, 0.3) is 0 Å². The van der Waals surface area contributed by atoms with E-state index in [1.165, 1.54) is 13.4 Å². The maximum atomic E-state index is 12.8. The summed E-state index contributed by atoms with van der Waals surface area (Å²) in [6.45, 7) is 5.88. The van der Waals surface area contributed by atoms with E-state index >= 15 is 0 Å². The first kappa shape index (κ1) is 26.1. The minimum absolute atomic E-state index is 0.0322. The van der Waals surface area contributed by atoms with Crippen LogP contribution in [0.15, 0.2) is 59.5 Å². The molecule has 196 valence electrons. The lowest BCUT2D eigenvalue weighted by molar-refractivity contribution is 0.0502. The number of hydrogen-bond donors (Lipinski definition) is 1. The molecule has 1 saturated carbocycles. The molecule has 2 aromatic carbocycles. The van der Waals surface area contributed by atoms with Crippen LogP contribution >= 0.6 is 0 Å². The lowest BCUT2D eigenvalue weighted by atomic mass is 9.97. The summed E-state index contributed by atoms with van der Waals surface area (Å²) in [5.74, 6) is 0.584. The number of nitrogens with zero attached hydrogens (tertiary/aromatic N) is 1. The second kappa shape index (κ2) is 11.4. The van der Waals surface area contributed by atoms with Gasteiger partial charge in [0.1, 0.15) is 11.9 Å². The summed E-state index contributed by atoms with van der Waals surface area (Å²) in [6, 6.07) is 12.6. The van der Waals surface area contributed by atoms with Crippen LogP contribution in [0.4, 0.5) is 4.79 Å². The van der Waals surface area contributed by atoms with Gasteiger partial charge < -0.3 is 28.7 Å². The molecule has 1 fully saturated rings. The molecule has 0 aliphatic heterocycles. The Morgan fingerprint density at radius 2 is 1.86 bits per heavy atom. The molecule has 0 spiro atoms. The summed E-state index contributed by atoms with van der Waals surface area (Å²) >= 11 is 0. The van der Waals surface area contributed by atoms with Gasteiger partial charge in [0, 0.05) is 5.56 Å². The van der Waals surface area contributed by atoms with Gasteiger partial charge in [0.2, 0.25) is 5.75 Å². The van der Waals surface area contributed by atoms with Crippen molar-refractivity contribution in [3.05, 3.63) is 71.9 Å². The predicted molar refractivity (Wildman–Crippen MR) is 135 cm³/mol. The zero-order valence-electron chi connectivity index (χ0n) is 21.5. The van der Waals surface area contributed by atoms with Crippen LogP contribution in [0.3, 0.4) is 0 Å². The van der Waals surface area contributed by atoms with Crippen LogP contribution in [0.25, 0.3) is 0 Å². The molecule has 1 atom stereocenters. The SMILES string of the molecule is COc1c([C@H](Cc2ccccc2)NC(=O)OC(C)(C)C)ccc(OC(=O)c2cocn2)c1OCC1CC1. The van der Waals surface area contributed by atoms with Gasteiger partial charge in [0.15, 0.2) is 23.6 Å². The number of carbonyl (C=O) groups excluding carboxylic acids is 2. The van der Waals surface area contributed by atoms with Crippen LogP contribution < -0.4 is 19.5 Å². The highest BCUT2D eigenvalue weighted by Gasteiger charge is 2.29. The molecule has 0 unspecified atom stereocenters. The maximum Gasteiger partial charge on any atom is 0.408 e. The minimum atomic E-state index is -0.687. The molecule has 9 nitrogen and oxygen atoms in total. The van der Waals surface area contributed by atoms with E-state index in [1.807, 2.05) is 30.3 Å². The normalized spacial score (nSPS) is 13.9. The van der Waals surface area contributed by atoms with E-state index in [1.54, 1.807) is 32.9 Å². The number of oxazole rings is 1. The smallest absolute Gasteiger partial charge is 0.408 e. The molecule has 1 aliphatic carbocycles. The molecule has 0 bridgehead atoms. The second-order valence-corrected chi connectivity index (χ2v) is 9.92.